The average Bonchev–Trinajstić information content (AvgIpc) is 2.39. The van der Waals surface area contributed by atoms with Crippen molar-refractivity contribution in [2.75, 3.05) is 0 Å². The highest BCUT2D eigenvalue weighted by Crippen LogP contribution is 2.27. The summed E-state index contributed by atoms with van der Waals surface area (Å²) in [5, 5.41) is 10.2. The van der Waals surface area contributed by atoms with Crippen LogP contribution in [0, 0.1) is 0 Å². The van der Waals surface area contributed by atoms with E-state index in [0.29, 0.717) is 10.6 Å². The molecule has 0 amide bonds. The van der Waals surface area contributed by atoms with Gasteiger partial charge in [0.25, 0.3) is 0 Å². The van der Waals surface area contributed by atoms with Crippen molar-refractivity contribution in [3.63, 3.8) is 0 Å². The molecule has 1 atom stereocenters. The van der Waals surface area contributed by atoms with E-state index in [1.165, 1.54) is 0 Å². The Hall–Kier alpha value is -1.45. The molecule has 0 aromatic heterocycles. The van der Waals surface area contributed by atoms with Crippen LogP contribution in [0.5, 0.6) is 0 Å². The molecule has 0 heterocycles. The first kappa shape index (κ1) is 14.0. The second kappa shape index (κ2) is 5.68. The van der Waals surface area contributed by atoms with Crippen molar-refractivity contribution >= 4 is 10.8 Å². The largest absolute Gasteiger partial charge is 0.386 e. The fourth-order valence-corrected chi connectivity index (χ4v) is 3.42. The highest BCUT2D eigenvalue weighted by Gasteiger charge is 2.22. The Balaban J connectivity index is 2.30. The molecule has 2 rings (SSSR count). The first-order chi connectivity index (χ1) is 8.98. The Labute approximate surface area is 116 Å². The number of benzene rings is 2. The summed E-state index contributed by atoms with van der Waals surface area (Å²) < 4.78 is 12.5. The number of aliphatic hydroxyl groups is 1. The van der Waals surface area contributed by atoms with E-state index in [-0.39, 0.29) is 0 Å². The van der Waals surface area contributed by atoms with E-state index >= 15 is 0 Å². The maximum absolute atomic E-state index is 12.5. The fourth-order valence-electron chi connectivity index (χ4n) is 1.97. The summed E-state index contributed by atoms with van der Waals surface area (Å²) in [6.07, 6.45) is 0. The van der Waals surface area contributed by atoms with E-state index in [1.807, 2.05) is 54.6 Å². The maximum atomic E-state index is 12.5. The summed E-state index contributed by atoms with van der Waals surface area (Å²) >= 11 is 0. The van der Waals surface area contributed by atoms with E-state index in [1.54, 1.807) is 13.8 Å². The monoisotopic (exact) mass is 274 g/mol. The number of hydrogen-bond acceptors (Lipinski definition) is 2. The van der Waals surface area contributed by atoms with Crippen LogP contribution in [0.2, 0.25) is 0 Å². The molecule has 2 aromatic rings. The number of hydrogen-bond donors (Lipinski definition) is 1. The molecule has 0 radical (unpaired) electrons. The van der Waals surface area contributed by atoms with Crippen molar-refractivity contribution in [1.82, 2.24) is 0 Å². The van der Waals surface area contributed by atoms with Crippen LogP contribution in [-0.2, 0) is 22.2 Å². The molecule has 100 valence electrons. The summed E-state index contributed by atoms with van der Waals surface area (Å²) in [7, 11) is -1.15. The van der Waals surface area contributed by atoms with Crippen molar-refractivity contribution in [3.05, 3.63) is 65.7 Å². The lowest BCUT2D eigenvalue weighted by molar-refractivity contribution is 0.0756. The zero-order valence-electron chi connectivity index (χ0n) is 11.2. The third kappa shape index (κ3) is 3.52. The lowest BCUT2D eigenvalue weighted by Gasteiger charge is -2.21. The Bertz CT molecular complexity index is 571. The molecular formula is C16H18O2S. The van der Waals surface area contributed by atoms with Crippen LogP contribution in [0.25, 0.3) is 0 Å². The molecular weight excluding hydrogens is 256 g/mol. The molecule has 0 aliphatic heterocycles. The summed E-state index contributed by atoms with van der Waals surface area (Å²) in [6, 6.07) is 17.1. The molecule has 0 fully saturated rings. The van der Waals surface area contributed by atoms with Crippen LogP contribution in [0.4, 0.5) is 0 Å². The predicted octanol–water partition coefficient (Wildman–Crippen LogP) is 3.22. The molecule has 0 bridgehead atoms. The topological polar surface area (TPSA) is 37.3 Å². The normalized spacial score (nSPS) is 13.2. The molecule has 0 aliphatic rings. The van der Waals surface area contributed by atoms with Gasteiger partial charge in [0, 0.05) is 4.90 Å². The lowest BCUT2D eigenvalue weighted by atomic mass is 9.99. The molecule has 0 aliphatic carbocycles. The van der Waals surface area contributed by atoms with E-state index in [0.717, 1.165) is 11.1 Å². The molecule has 2 nitrogen and oxygen atoms in total. The highest BCUT2D eigenvalue weighted by atomic mass is 32.2. The van der Waals surface area contributed by atoms with Gasteiger partial charge < -0.3 is 5.11 Å². The minimum absolute atomic E-state index is 0.466. The van der Waals surface area contributed by atoms with Gasteiger partial charge in [0.15, 0.2) is 0 Å². The van der Waals surface area contributed by atoms with Gasteiger partial charge in [-0.15, -0.1) is 0 Å². The minimum Gasteiger partial charge on any atom is -0.386 e. The maximum Gasteiger partial charge on any atom is 0.0852 e. The molecule has 0 spiro atoms. The zero-order valence-corrected chi connectivity index (χ0v) is 12.0. The van der Waals surface area contributed by atoms with E-state index in [2.05, 4.69) is 0 Å². The van der Waals surface area contributed by atoms with Crippen LogP contribution in [0.3, 0.4) is 0 Å². The Kier molecular flexibility index (Phi) is 4.17. The highest BCUT2D eigenvalue weighted by molar-refractivity contribution is 7.84. The van der Waals surface area contributed by atoms with Crippen molar-refractivity contribution < 1.29 is 9.32 Å². The van der Waals surface area contributed by atoms with Crippen LogP contribution in [0.1, 0.15) is 25.0 Å². The second-order valence-electron chi connectivity index (χ2n) is 5.03. The summed E-state index contributed by atoms with van der Waals surface area (Å²) in [5.41, 5.74) is 0.777. The SMILES string of the molecule is CC(C)(O)c1ccccc1S(=O)Cc1ccccc1. The van der Waals surface area contributed by atoms with Gasteiger partial charge in [-0.05, 0) is 31.0 Å². The molecule has 2 aromatic carbocycles. The minimum atomic E-state index is -1.15. The van der Waals surface area contributed by atoms with Crippen LogP contribution < -0.4 is 0 Å². The average molecular weight is 274 g/mol. The Morgan fingerprint density at radius 1 is 1.00 bits per heavy atom. The van der Waals surface area contributed by atoms with Crippen molar-refractivity contribution in [3.8, 4) is 0 Å². The van der Waals surface area contributed by atoms with Gasteiger partial charge in [-0.2, -0.15) is 0 Å². The van der Waals surface area contributed by atoms with E-state index in [4.69, 9.17) is 0 Å². The first-order valence-electron chi connectivity index (χ1n) is 6.22. The summed E-state index contributed by atoms with van der Waals surface area (Å²) in [5.74, 6) is 0.466. The summed E-state index contributed by atoms with van der Waals surface area (Å²) in [6.45, 7) is 3.43. The third-order valence-electron chi connectivity index (χ3n) is 2.93. The van der Waals surface area contributed by atoms with Crippen molar-refractivity contribution in [1.29, 1.82) is 0 Å². The second-order valence-corrected chi connectivity index (χ2v) is 6.45. The van der Waals surface area contributed by atoms with Crippen molar-refractivity contribution in [2.45, 2.75) is 30.1 Å². The Morgan fingerprint density at radius 2 is 1.58 bits per heavy atom. The van der Waals surface area contributed by atoms with Gasteiger partial charge in [-0.25, -0.2) is 0 Å². The molecule has 0 saturated heterocycles. The molecule has 1 unspecified atom stereocenters. The molecule has 0 saturated carbocycles. The van der Waals surface area contributed by atoms with Gasteiger partial charge in [0.2, 0.25) is 0 Å². The number of rotatable bonds is 4. The summed E-state index contributed by atoms with van der Waals surface area (Å²) in [4.78, 5) is 0.707. The van der Waals surface area contributed by atoms with Gasteiger partial charge in [0.1, 0.15) is 0 Å². The van der Waals surface area contributed by atoms with Crippen LogP contribution >= 0.6 is 0 Å². The smallest absolute Gasteiger partial charge is 0.0852 e. The predicted molar refractivity (Wildman–Crippen MR) is 78.2 cm³/mol. The zero-order chi connectivity index (χ0) is 13.9. The van der Waals surface area contributed by atoms with Gasteiger partial charge in [-0.3, -0.25) is 4.21 Å². The van der Waals surface area contributed by atoms with Gasteiger partial charge in [-0.1, -0.05) is 48.5 Å². The Morgan fingerprint density at radius 3 is 2.21 bits per heavy atom. The third-order valence-corrected chi connectivity index (χ3v) is 4.37. The standard InChI is InChI=1S/C16H18O2S/c1-16(2,17)14-10-6-7-11-15(14)19(18)12-13-8-4-3-5-9-13/h3-11,17H,12H2,1-2H3. The van der Waals surface area contributed by atoms with Gasteiger partial charge in [0.05, 0.1) is 22.2 Å². The first-order valence-corrected chi connectivity index (χ1v) is 7.54. The molecule has 3 heteroatoms. The fraction of sp³-hybridized carbons (Fsp3) is 0.250. The van der Waals surface area contributed by atoms with Crippen LogP contribution in [0.15, 0.2) is 59.5 Å². The van der Waals surface area contributed by atoms with Crippen molar-refractivity contribution in [2.24, 2.45) is 0 Å². The quantitative estimate of drug-likeness (QED) is 0.929. The lowest BCUT2D eigenvalue weighted by Crippen LogP contribution is -2.18. The van der Waals surface area contributed by atoms with E-state index in [9.17, 15) is 9.32 Å². The molecule has 19 heavy (non-hydrogen) atoms. The van der Waals surface area contributed by atoms with E-state index < -0.39 is 16.4 Å². The van der Waals surface area contributed by atoms with Gasteiger partial charge >= 0.3 is 0 Å². The molecule has 1 N–H and O–H groups in total. The van der Waals surface area contributed by atoms with Crippen LogP contribution in [-0.4, -0.2) is 9.32 Å².